The number of hydrogen-bond donors (Lipinski definition) is 0. The predicted molar refractivity (Wildman–Crippen MR) is 97.4 cm³/mol. The lowest BCUT2D eigenvalue weighted by molar-refractivity contribution is 0.364. The maximum absolute atomic E-state index is 2.44. The van der Waals surface area contributed by atoms with Crippen LogP contribution in [0.25, 0.3) is 6.08 Å². The van der Waals surface area contributed by atoms with Gasteiger partial charge in [0.2, 0.25) is 0 Å². The molecule has 0 spiro atoms. The van der Waals surface area contributed by atoms with Crippen LogP contribution in [0.3, 0.4) is 0 Å². The van der Waals surface area contributed by atoms with Crippen molar-refractivity contribution in [3.63, 3.8) is 0 Å². The van der Waals surface area contributed by atoms with E-state index in [9.17, 15) is 0 Å². The molecule has 0 atom stereocenters. The second-order valence-electron chi connectivity index (χ2n) is 6.28. The van der Waals surface area contributed by atoms with Crippen molar-refractivity contribution in [2.24, 2.45) is 0 Å². The number of thiophene rings is 1. The third-order valence-corrected chi connectivity index (χ3v) is 5.20. The van der Waals surface area contributed by atoms with Crippen LogP contribution in [0.15, 0.2) is 41.8 Å². The van der Waals surface area contributed by atoms with Gasteiger partial charge in [0.1, 0.15) is 0 Å². The Kier molecular flexibility index (Phi) is 5.47. The molecule has 0 radical (unpaired) electrons. The van der Waals surface area contributed by atoms with Crippen LogP contribution < -0.4 is 0 Å². The summed E-state index contributed by atoms with van der Waals surface area (Å²) in [6.07, 6.45) is 11.1. The fourth-order valence-electron chi connectivity index (χ4n) is 3.17. The monoisotopic (exact) mass is 311 g/mol. The number of hydrogen-bond acceptors (Lipinski definition) is 2. The highest BCUT2D eigenvalue weighted by molar-refractivity contribution is 7.10. The molecule has 0 fully saturated rings. The van der Waals surface area contributed by atoms with E-state index in [4.69, 9.17) is 0 Å². The van der Waals surface area contributed by atoms with Crippen molar-refractivity contribution >= 4 is 17.4 Å². The molecule has 2 heteroatoms. The fraction of sp³-hybridized carbons (Fsp3) is 0.400. The van der Waals surface area contributed by atoms with Crippen LogP contribution in [0.2, 0.25) is 0 Å². The Labute approximate surface area is 138 Å². The van der Waals surface area contributed by atoms with E-state index in [0.29, 0.717) is 0 Å². The lowest BCUT2D eigenvalue weighted by Gasteiger charge is -2.16. The molecule has 0 N–H and O–H groups in total. The van der Waals surface area contributed by atoms with Gasteiger partial charge in [-0.2, -0.15) is 0 Å². The van der Waals surface area contributed by atoms with Crippen LogP contribution in [-0.4, -0.2) is 18.5 Å². The summed E-state index contributed by atoms with van der Waals surface area (Å²) in [6.45, 7) is 2.02. The summed E-state index contributed by atoms with van der Waals surface area (Å²) in [5.74, 6) is 0. The van der Waals surface area contributed by atoms with E-state index in [0.717, 1.165) is 13.1 Å². The summed E-state index contributed by atoms with van der Waals surface area (Å²) in [7, 11) is 2.20. The van der Waals surface area contributed by atoms with E-state index in [1.54, 1.807) is 22.5 Å². The molecule has 1 nitrogen and oxygen atoms in total. The van der Waals surface area contributed by atoms with Crippen LogP contribution in [0.4, 0.5) is 0 Å². The second kappa shape index (κ2) is 7.75. The van der Waals surface area contributed by atoms with Crippen molar-refractivity contribution in [1.82, 2.24) is 4.90 Å². The molecule has 0 aliphatic heterocycles. The number of rotatable bonds is 5. The number of aryl methyl sites for hydroxylation is 2. The number of nitrogens with zero attached hydrogens (tertiary/aromatic N) is 1. The highest BCUT2D eigenvalue weighted by Crippen LogP contribution is 2.22. The maximum Gasteiger partial charge on any atom is 0.0267 e. The lowest BCUT2D eigenvalue weighted by Crippen LogP contribution is -2.17. The molecule has 0 unspecified atom stereocenters. The predicted octanol–water partition coefficient (Wildman–Crippen LogP) is 5.16. The van der Waals surface area contributed by atoms with E-state index in [1.165, 1.54) is 42.5 Å². The highest BCUT2D eigenvalue weighted by atomic mass is 32.1. The largest absolute Gasteiger partial charge is 0.298 e. The zero-order valence-corrected chi connectivity index (χ0v) is 14.2. The topological polar surface area (TPSA) is 3.24 Å². The van der Waals surface area contributed by atoms with E-state index in [1.807, 2.05) is 0 Å². The minimum atomic E-state index is 0.995. The first kappa shape index (κ1) is 15.5. The van der Waals surface area contributed by atoms with E-state index >= 15 is 0 Å². The van der Waals surface area contributed by atoms with Crippen LogP contribution in [-0.2, 0) is 19.4 Å². The first-order chi connectivity index (χ1) is 10.8. The molecular formula is C20H25NS. The van der Waals surface area contributed by atoms with Crippen molar-refractivity contribution in [2.45, 2.75) is 38.6 Å². The smallest absolute Gasteiger partial charge is 0.0267 e. The van der Waals surface area contributed by atoms with Gasteiger partial charge in [0.25, 0.3) is 0 Å². The van der Waals surface area contributed by atoms with Crippen LogP contribution in [0.1, 0.15) is 40.8 Å². The molecule has 22 heavy (non-hydrogen) atoms. The Bertz CT molecular complexity index is 613. The Morgan fingerprint density at radius 2 is 1.95 bits per heavy atom. The summed E-state index contributed by atoms with van der Waals surface area (Å²) < 4.78 is 0. The van der Waals surface area contributed by atoms with Gasteiger partial charge in [-0.3, -0.25) is 4.90 Å². The summed E-state index contributed by atoms with van der Waals surface area (Å²) in [4.78, 5) is 3.71. The first-order valence-electron chi connectivity index (χ1n) is 8.30. The molecule has 1 heterocycles. The molecule has 0 saturated heterocycles. The van der Waals surface area contributed by atoms with Crippen molar-refractivity contribution in [2.75, 3.05) is 13.6 Å². The Morgan fingerprint density at radius 1 is 1.09 bits per heavy atom. The third kappa shape index (κ3) is 4.31. The van der Waals surface area contributed by atoms with Gasteiger partial charge in [0.05, 0.1) is 0 Å². The molecule has 0 saturated carbocycles. The standard InChI is InChI=1S/C20H25NS/c1-21(13-5-9-20-10-6-14-22-20)16-17-11-12-18-7-3-2-4-8-19(18)15-17/h5-6,9-12,14-15H,2-4,7-8,13,16H2,1H3/b9-5+. The number of benzene rings is 1. The molecule has 2 aromatic rings. The number of fused-ring (bicyclic) bond motifs is 1. The molecule has 1 aliphatic rings. The minimum Gasteiger partial charge on any atom is -0.298 e. The van der Waals surface area contributed by atoms with E-state index < -0.39 is 0 Å². The molecule has 1 aromatic carbocycles. The average molecular weight is 311 g/mol. The lowest BCUT2D eigenvalue weighted by atomic mass is 10.00. The highest BCUT2D eigenvalue weighted by Gasteiger charge is 2.09. The Balaban J connectivity index is 1.57. The van der Waals surface area contributed by atoms with Crippen molar-refractivity contribution in [1.29, 1.82) is 0 Å². The van der Waals surface area contributed by atoms with Gasteiger partial charge in [-0.15, -0.1) is 11.3 Å². The Hall–Kier alpha value is -1.38. The van der Waals surface area contributed by atoms with Gasteiger partial charge >= 0.3 is 0 Å². The summed E-state index contributed by atoms with van der Waals surface area (Å²) in [6, 6.07) is 11.4. The maximum atomic E-state index is 2.44. The van der Waals surface area contributed by atoms with Crippen LogP contribution in [0.5, 0.6) is 0 Å². The van der Waals surface area contributed by atoms with E-state index in [2.05, 4.69) is 59.8 Å². The number of likely N-dealkylation sites (N-methyl/N-ethyl adjacent to an activating group) is 1. The first-order valence-corrected chi connectivity index (χ1v) is 9.18. The van der Waals surface area contributed by atoms with Gasteiger partial charge in [-0.25, -0.2) is 0 Å². The summed E-state index contributed by atoms with van der Waals surface area (Å²) in [5.41, 5.74) is 4.63. The van der Waals surface area contributed by atoms with Crippen molar-refractivity contribution in [3.8, 4) is 0 Å². The molecule has 0 amide bonds. The fourth-order valence-corrected chi connectivity index (χ4v) is 3.82. The van der Waals surface area contributed by atoms with Crippen LogP contribution in [0, 0.1) is 0 Å². The molecule has 3 rings (SSSR count). The quantitative estimate of drug-likeness (QED) is 0.689. The van der Waals surface area contributed by atoms with Gasteiger partial charge < -0.3 is 0 Å². The molecule has 116 valence electrons. The SMILES string of the molecule is CN(C/C=C/c1cccs1)Cc1ccc2c(c1)CCCCC2. The van der Waals surface area contributed by atoms with Crippen molar-refractivity contribution < 1.29 is 0 Å². The zero-order chi connectivity index (χ0) is 15.2. The molecular weight excluding hydrogens is 286 g/mol. The summed E-state index contributed by atoms with van der Waals surface area (Å²) >= 11 is 1.79. The molecule has 1 aliphatic carbocycles. The normalized spacial score (nSPS) is 15.2. The second-order valence-corrected chi connectivity index (χ2v) is 7.26. The molecule has 0 bridgehead atoms. The van der Waals surface area contributed by atoms with Crippen LogP contribution >= 0.6 is 11.3 Å². The Morgan fingerprint density at radius 3 is 2.77 bits per heavy atom. The molecule has 1 aromatic heterocycles. The van der Waals surface area contributed by atoms with Crippen molar-refractivity contribution in [3.05, 3.63) is 63.4 Å². The van der Waals surface area contributed by atoms with E-state index in [-0.39, 0.29) is 0 Å². The van der Waals surface area contributed by atoms with Gasteiger partial charge in [0, 0.05) is 18.0 Å². The van der Waals surface area contributed by atoms with Gasteiger partial charge in [-0.05, 0) is 66.9 Å². The summed E-state index contributed by atoms with van der Waals surface area (Å²) in [5, 5.41) is 2.12. The zero-order valence-electron chi connectivity index (χ0n) is 13.4. The van der Waals surface area contributed by atoms with Gasteiger partial charge in [0.15, 0.2) is 0 Å². The average Bonchev–Trinajstić information content (AvgIpc) is 2.91. The minimum absolute atomic E-state index is 0.995. The third-order valence-electron chi connectivity index (χ3n) is 4.36. The van der Waals surface area contributed by atoms with Gasteiger partial charge in [-0.1, -0.05) is 36.8 Å².